The zero-order valence-electron chi connectivity index (χ0n) is 15.3. The minimum atomic E-state index is -0.292. The Morgan fingerprint density at radius 2 is 1.78 bits per heavy atom. The SMILES string of the molecule is O=C(OCc1ccccc1)N1CCCC2(CC1)CC(c1ccccc1)=NO2. The third-order valence-corrected chi connectivity index (χ3v) is 5.31. The summed E-state index contributed by atoms with van der Waals surface area (Å²) in [6, 6.07) is 19.9. The van der Waals surface area contributed by atoms with Crippen molar-refractivity contribution in [2.75, 3.05) is 13.1 Å². The molecule has 1 atom stereocenters. The van der Waals surface area contributed by atoms with Crippen LogP contribution >= 0.6 is 0 Å². The van der Waals surface area contributed by atoms with Crippen LogP contribution in [0.4, 0.5) is 4.79 Å². The standard InChI is InChI=1S/C22H24N2O3/c25-21(26-17-18-8-3-1-4-9-18)24-14-7-12-22(13-15-24)16-20(23-27-22)19-10-5-2-6-11-19/h1-6,8-11H,7,12-17H2. The number of carbonyl (C=O) groups excluding carboxylic acids is 1. The molecule has 1 fully saturated rings. The van der Waals surface area contributed by atoms with Crippen LogP contribution in [0.25, 0.3) is 0 Å². The van der Waals surface area contributed by atoms with Gasteiger partial charge in [-0.2, -0.15) is 0 Å². The monoisotopic (exact) mass is 364 g/mol. The molecule has 5 heteroatoms. The summed E-state index contributed by atoms with van der Waals surface area (Å²) in [6.07, 6.45) is 3.10. The van der Waals surface area contributed by atoms with Crippen LogP contribution in [0, 0.1) is 0 Å². The van der Waals surface area contributed by atoms with Crippen LogP contribution < -0.4 is 0 Å². The lowest BCUT2D eigenvalue weighted by molar-refractivity contribution is -0.0291. The molecule has 0 aromatic heterocycles. The van der Waals surface area contributed by atoms with Gasteiger partial charge in [0.05, 0.1) is 5.71 Å². The molecule has 27 heavy (non-hydrogen) atoms. The van der Waals surface area contributed by atoms with Crippen LogP contribution in [0.1, 0.15) is 36.8 Å². The molecular weight excluding hydrogens is 340 g/mol. The Balaban J connectivity index is 1.32. The summed E-state index contributed by atoms with van der Waals surface area (Å²) in [4.78, 5) is 20.1. The Bertz CT molecular complexity index is 807. The molecule has 2 aromatic carbocycles. The third kappa shape index (κ3) is 4.13. The van der Waals surface area contributed by atoms with E-state index in [0.717, 1.165) is 42.5 Å². The highest BCUT2D eigenvalue weighted by Gasteiger charge is 2.41. The molecule has 0 aliphatic carbocycles. The smallest absolute Gasteiger partial charge is 0.410 e. The maximum absolute atomic E-state index is 12.4. The maximum Gasteiger partial charge on any atom is 0.410 e. The van der Waals surface area contributed by atoms with Gasteiger partial charge in [-0.15, -0.1) is 0 Å². The molecule has 1 saturated heterocycles. The van der Waals surface area contributed by atoms with E-state index in [1.165, 1.54) is 0 Å². The lowest BCUT2D eigenvalue weighted by atomic mass is 9.88. The maximum atomic E-state index is 12.4. The van der Waals surface area contributed by atoms with Crippen molar-refractivity contribution in [3.05, 3.63) is 71.8 Å². The van der Waals surface area contributed by atoms with E-state index in [1.54, 1.807) is 4.90 Å². The third-order valence-electron chi connectivity index (χ3n) is 5.31. The quantitative estimate of drug-likeness (QED) is 0.812. The van der Waals surface area contributed by atoms with Gasteiger partial charge in [-0.05, 0) is 24.0 Å². The fraction of sp³-hybridized carbons (Fsp3) is 0.364. The summed E-state index contributed by atoms with van der Waals surface area (Å²) in [5.41, 5.74) is 2.81. The number of nitrogens with zero attached hydrogens (tertiary/aromatic N) is 2. The number of carbonyl (C=O) groups is 1. The highest BCUT2D eigenvalue weighted by Crippen LogP contribution is 2.36. The molecule has 0 bridgehead atoms. The first-order valence-electron chi connectivity index (χ1n) is 9.50. The highest BCUT2D eigenvalue weighted by molar-refractivity contribution is 6.01. The van der Waals surface area contributed by atoms with Crippen LogP contribution in [0.15, 0.2) is 65.8 Å². The number of ether oxygens (including phenoxy) is 1. The average Bonchev–Trinajstić information content (AvgIpc) is 3.02. The summed E-state index contributed by atoms with van der Waals surface area (Å²) < 4.78 is 5.48. The Morgan fingerprint density at radius 1 is 1.04 bits per heavy atom. The number of hydrogen-bond acceptors (Lipinski definition) is 4. The van der Waals surface area contributed by atoms with E-state index >= 15 is 0 Å². The zero-order valence-corrected chi connectivity index (χ0v) is 15.3. The number of rotatable bonds is 3. The van der Waals surface area contributed by atoms with Crippen molar-refractivity contribution in [2.24, 2.45) is 5.16 Å². The summed E-state index contributed by atoms with van der Waals surface area (Å²) in [6.45, 7) is 1.63. The van der Waals surface area contributed by atoms with E-state index in [-0.39, 0.29) is 11.7 Å². The summed E-state index contributed by atoms with van der Waals surface area (Å²) in [7, 11) is 0. The van der Waals surface area contributed by atoms with E-state index in [1.807, 2.05) is 48.5 Å². The van der Waals surface area contributed by atoms with Gasteiger partial charge in [0.25, 0.3) is 0 Å². The lowest BCUT2D eigenvalue weighted by Gasteiger charge is -2.25. The summed E-state index contributed by atoms with van der Waals surface area (Å²) >= 11 is 0. The first-order valence-corrected chi connectivity index (χ1v) is 9.50. The zero-order chi connectivity index (χ0) is 18.5. The van der Waals surface area contributed by atoms with Gasteiger partial charge in [-0.1, -0.05) is 65.8 Å². The van der Waals surface area contributed by atoms with Crippen molar-refractivity contribution in [3.63, 3.8) is 0 Å². The van der Waals surface area contributed by atoms with Gasteiger partial charge in [0.2, 0.25) is 0 Å². The summed E-state index contributed by atoms with van der Waals surface area (Å²) in [5, 5.41) is 4.35. The van der Waals surface area contributed by atoms with E-state index in [0.29, 0.717) is 19.7 Å². The van der Waals surface area contributed by atoms with Gasteiger partial charge in [0.1, 0.15) is 12.2 Å². The van der Waals surface area contributed by atoms with Gasteiger partial charge in [0.15, 0.2) is 0 Å². The van der Waals surface area contributed by atoms with Gasteiger partial charge >= 0.3 is 6.09 Å². The fourth-order valence-corrected chi connectivity index (χ4v) is 3.74. The van der Waals surface area contributed by atoms with Gasteiger partial charge in [-0.3, -0.25) is 0 Å². The average molecular weight is 364 g/mol. The second kappa shape index (κ2) is 7.82. The number of hydrogen-bond donors (Lipinski definition) is 0. The van der Waals surface area contributed by atoms with Crippen molar-refractivity contribution in [3.8, 4) is 0 Å². The molecule has 5 nitrogen and oxygen atoms in total. The van der Waals surface area contributed by atoms with Crippen molar-refractivity contribution in [1.29, 1.82) is 0 Å². The van der Waals surface area contributed by atoms with Crippen LogP contribution in [-0.4, -0.2) is 35.4 Å². The molecule has 1 amide bonds. The highest BCUT2D eigenvalue weighted by atomic mass is 16.7. The van der Waals surface area contributed by atoms with Gasteiger partial charge in [0, 0.05) is 25.9 Å². The van der Waals surface area contributed by atoms with Crippen molar-refractivity contribution in [1.82, 2.24) is 4.90 Å². The van der Waals surface area contributed by atoms with Crippen molar-refractivity contribution >= 4 is 11.8 Å². The Labute approximate surface area is 159 Å². The van der Waals surface area contributed by atoms with Crippen molar-refractivity contribution < 1.29 is 14.4 Å². The molecular formula is C22H24N2O3. The molecule has 1 spiro atoms. The summed E-state index contributed by atoms with van der Waals surface area (Å²) in [5.74, 6) is 0. The first kappa shape index (κ1) is 17.6. The molecule has 4 rings (SSSR count). The molecule has 2 aliphatic rings. The molecule has 1 unspecified atom stereocenters. The second-order valence-corrected chi connectivity index (χ2v) is 7.24. The molecule has 2 heterocycles. The van der Waals surface area contributed by atoms with E-state index in [2.05, 4.69) is 17.3 Å². The van der Waals surface area contributed by atoms with Crippen LogP contribution in [-0.2, 0) is 16.2 Å². The Kier molecular flexibility index (Phi) is 5.10. The van der Waals surface area contributed by atoms with Gasteiger partial charge < -0.3 is 14.5 Å². The first-order chi connectivity index (χ1) is 13.2. The minimum absolute atomic E-state index is 0.252. The number of amides is 1. The molecule has 140 valence electrons. The number of benzene rings is 2. The number of likely N-dealkylation sites (tertiary alicyclic amines) is 1. The van der Waals surface area contributed by atoms with Crippen LogP contribution in [0.5, 0.6) is 0 Å². The van der Waals surface area contributed by atoms with E-state index < -0.39 is 0 Å². The molecule has 2 aromatic rings. The largest absolute Gasteiger partial charge is 0.445 e. The Morgan fingerprint density at radius 3 is 2.56 bits per heavy atom. The topological polar surface area (TPSA) is 51.1 Å². The molecule has 0 saturated carbocycles. The van der Waals surface area contributed by atoms with E-state index in [4.69, 9.17) is 9.57 Å². The van der Waals surface area contributed by atoms with Gasteiger partial charge in [-0.25, -0.2) is 4.79 Å². The molecule has 0 radical (unpaired) electrons. The van der Waals surface area contributed by atoms with Crippen LogP contribution in [0.2, 0.25) is 0 Å². The predicted octanol–water partition coefficient (Wildman–Crippen LogP) is 4.37. The molecule has 0 N–H and O–H groups in total. The Hall–Kier alpha value is -2.82. The minimum Gasteiger partial charge on any atom is -0.445 e. The van der Waals surface area contributed by atoms with Crippen molar-refractivity contribution in [2.45, 2.75) is 37.9 Å². The fourth-order valence-electron chi connectivity index (χ4n) is 3.74. The molecule has 2 aliphatic heterocycles. The predicted molar refractivity (Wildman–Crippen MR) is 103 cm³/mol. The van der Waals surface area contributed by atoms with Crippen LogP contribution in [0.3, 0.4) is 0 Å². The van der Waals surface area contributed by atoms with E-state index in [9.17, 15) is 4.79 Å². The second-order valence-electron chi connectivity index (χ2n) is 7.24. The normalized spacial score (nSPS) is 22.1. The lowest BCUT2D eigenvalue weighted by Crippen LogP contribution is -2.35. The number of oxime groups is 1.